The van der Waals surface area contributed by atoms with Gasteiger partial charge in [-0.05, 0) is 57.5 Å². The molecule has 3 N–H and O–H groups in total. The maximum absolute atomic E-state index is 11.3. The second-order valence-corrected chi connectivity index (χ2v) is 5.22. The monoisotopic (exact) mass is 294 g/mol. The highest BCUT2D eigenvalue weighted by Crippen LogP contribution is 2.18. The highest BCUT2D eigenvalue weighted by Gasteiger charge is 2.28. The lowest BCUT2D eigenvalue weighted by molar-refractivity contribution is -0.123. The molecule has 0 saturated carbocycles. The molecule has 5 heteroatoms. The van der Waals surface area contributed by atoms with Gasteiger partial charge in [-0.1, -0.05) is 6.92 Å². The highest BCUT2D eigenvalue weighted by molar-refractivity contribution is 5.84. The molecule has 1 amide bonds. The van der Waals surface area contributed by atoms with E-state index in [9.17, 15) is 4.79 Å². The summed E-state index contributed by atoms with van der Waals surface area (Å²) in [5, 5.41) is 2.96. The van der Waals surface area contributed by atoms with E-state index in [2.05, 4.69) is 12.2 Å². The van der Waals surface area contributed by atoms with Gasteiger partial charge in [-0.25, -0.2) is 0 Å². The molecule has 1 atom stereocenters. The first kappa shape index (κ1) is 17.3. The minimum absolute atomic E-state index is 0.345. The fourth-order valence-electron chi connectivity index (χ4n) is 1.84. The largest absolute Gasteiger partial charge is 0.494 e. The Labute approximate surface area is 126 Å². The molecule has 0 spiro atoms. The molecule has 0 radical (unpaired) electrons. The van der Waals surface area contributed by atoms with Gasteiger partial charge < -0.3 is 20.5 Å². The molecule has 1 rings (SSSR count). The third-order valence-electron chi connectivity index (χ3n) is 3.48. The van der Waals surface area contributed by atoms with Crippen molar-refractivity contribution in [1.82, 2.24) is 5.32 Å². The number of nitrogens with one attached hydrogen (secondary N) is 1. The molecule has 118 valence electrons. The number of carbonyl (C=O) groups is 1. The number of nitrogens with two attached hydrogens (primary N) is 1. The molecule has 0 fully saturated rings. The second-order valence-electron chi connectivity index (χ2n) is 5.22. The number of hydrogen-bond acceptors (Lipinski definition) is 4. The van der Waals surface area contributed by atoms with Crippen molar-refractivity contribution in [3.63, 3.8) is 0 Å². The summed E-state index contributed by atoms with van der Waals surface area (Å²) < 4.78 is 11.2. The van der Waals surface area contributed by atoms with Crippen LogP contribution in [0, 0.1) is 0 Å². The number of primary amides is 1. The summed E-state index contributed by atoms with van der Waals surface area (Å²) in [5.41, 5.74) is 4.70. The van der Waals surface area contributed by atoms with E-state index in [0.29, 0.717) is 13.0 Å². The molecule has 0 aliphatic heterocycles. The number of likely N-dealkylation sites (N-methyl/N-ethyl adjacent to an activating group) is 1. The lowest BCUT2D eigenvalue weighted by atomic mass is 9.95. The summed E-state index contributed by atoms with van der Waals surface area (Å²) in [6.45, 7) is 5.13. The number of amides is 1. The zero-order valence-electron chi connectivity index (χ0n) is 13.1. The molecule has 0 bridgehead atoms. The summed E-state index contributed by atoms with van der Waals surface area (Å²) >= 11 is 0. The van der Waals surface area contributed by atoms with Crippen molar-refractivity contribution in [2.24, 2.45) is 5.73 Å². The van der Waals surface area contributed by atoms with Crippen molar-refractivity contribution < 1.29 is 14.3 Å². The van der Waals surface area contributed by atoms with Gasteiger partial charge in [-0.2, -0.15) is 0 Å². The Balaban J connectivity index is 2.34. The second kappa shape index (κ2) is 8.52. The normalized spacial score (nSPS) is 13.5. The van der Waals surface area contributed by atoms with Crippen molar-refractivity contribution in [2.45, 2.75) is 38.6 Å². The number of ether oxygens (including phenoxy) is 2. The van der Waals surface area contributed by atoms with Gasteiger partial charge in [-0.3, -0.25) is 4.79 Å². The molecule has 1 aromatic rings. The van der Waals surface area contributed by atoms with Crippen LogP contribution in [-0.4, -0.2) is 31.7 Å². The SMILES string of the molecule is CCCOc1ccc(OCCCC(C)(NC)C(N)=O)cc1. The van der Waals surface area contributed by atoms with Crippen molar-refractivity contribution in [1.29, 1.82) is 0 Å². The fourth-order valence-corrected chi connectivity index (χ4v) is 1.84. The van der Waals surface area contributed by atoms with E-state index in [1.165, 1.54) is 0 Å². The topological polar surface area (TPSA) is 73.6 Å². The first-order chi connectivity index (χ1) is 10.0. The average Bonchev–Trinajstić information content (AvgIpc) is 2.50. The minimum atomic E-state index is -0.679. The number of hydrogen-bond donors (Lipinski definition) is 2. The third-order valence-corrected chi connectivity index (χ3v) is 3.48. The first-order valence-corrected chi connectivity index (χ1v) is 7.36. The van der Waals surface area contributed by atoms with Crippen LogP contribution in [0.2, 0.25) is 0 Å². The van der Waals surface area contributed by atoms with Gasteiger partial charge in [0.25, 0.3) is 0 Å². The summed E-state index contributed by atoms with van der Waals surface area (Å²) in [4.78, 5) is 11.3. The Kier molecular flexibility index (Phi) is 7.02. The molecular weight excluding hydrogens is 268 g/mol. The molecule has 0 aliphatic carbocycles. The van der Waals surface area contributed by atoms with Crippen molar-refractivity contribution >= 4 is 5.91 Å². The van der Waals surface area contributed by atoms with E-state index in [0.717, 1.165) is 30.9 Å². The molecule has 1 unspecified atom stereocenters. The van der Waals surface area contributed by atoms with Gasteiger partial charge in [0.1, 0.15) is 11.5 Å². The molecule has 0 heterocycles. The predicted molar refractivity (Wildman–Crippen MR) is 83.6 cm³/mol. The Bertz CT molecular complexity index is 434. The van der Waals surface area contributed by atoms with Crippen LogP contribution in [0.5, 0.6) is 11.5 Å². The van der Waals surface area contributed by atoms with Crippen molar-refractivity contribution in [3.8, 4) is 11.5 Å². The lowest BCUT2D eigenvalue weighted by Crippen LogP contribution is -2.51. The summed E-state index contributed by atoms with van der Waals surface area (Å²) in [5.74, 6) is 1.30. The van der Waals surface area contributed by atoms with Gasteiger partial charge in [0.2, 0.25) is 5.91 Å². The Hall–Kier alpha value is -1.75. The maximum atomic E-state index is 11.3. The zero-order valence-corrected chi connectivity index (χ0v) is 13.1. The molecular formula is C16H26N2O3. The Morgan fingerprint density at radius 1 is 1.19 bits per heavy atom. The average molecular weight is 294 g/mol. The fraction of sp³-hybridized carbons (Fsp3) is 0.562. The van der Waals surface area contributed by atoms with Gasteiger partial charge in [0.15, 0.2) is 0 Å². The van der Waals surface area contributed by atoms with E-state index >= 15 is 0 Å². The van der Waals surface area contributed by atoms with Crippen LogP contribution in [0.4, 0.5) is 0 Å². The van der Waals surface area contributed by atoms with E-state index < -0.39 is 5.54 Å². The van der Waals surface area contributed by atoms with Crippen LogP contribution in [0.1, 0.15) is 33.1 Å². The smallest absolute Gasteiger partial charge is 0.237 e. The van der Waals surface area contributed by atoms with Crippen LogP contribution in [0.15, 0.2) is 24.3 Å². The molecule has 5 nitrogen and oxygen atoms in total. The number of carbonyl (C=O) groups excluding carboxylic acids is 1. The minimum Gasteiger partial charge on any atom is -0.494 e. The standard InChI is InChI=1S/C16H26N2O3/c1-4-11-20-13-6-8-14(9-7-13)21-12-5-10-16(2,18-3)15(17)19/h6-9,18H,4-5,10-12H2,1-3H3,(H2,17,19). The highest BCUT2D eigenvalue weighted by atomic mass is 16.5. The van der Waals surface area contributed by atoms with E-state index in [1.54, 1.807) is 14.0 Å². The molecule has 0 aromatic heterocycles. The van der Waals surface area contributed by atoms with Crippen molar-refractivity contribution in [2.75, 3.05) is 20.3 Å². The number of benzene rings is 1. The Morgan fingerprint density at radius 2 is 1.71 bits per heavy atom. The molecule has 21 heavy (non-hydrogen) atoms. The lowest BCUT2D eigenvalue weighted by Gasteiger charge is -2.25. The first-order valence-electron chi connectivity index (χ1n) is 7.36. The number of rotatable bonds is 10. The predicted octanol–water partition coefficient (Wildman–Crippen LogP) is 2.10. The van der Waals surface area contributed by atoms with Gasteiger partial charge in [-0.15, -0.1) is 0 Å². The van der Waals surface area contributed by atoms with Crippen LogP contribution in [0.25, 0.3) is 0 Å². The van der Waals surface area contributed by atoms with Gasteiger partial charge >= 0.3 is 0 Å². The zero-order chi connectivity index (χ0) is 15.7. The van der Waals surface area contributed by atoms with E-state index in [4.69, 9.17) is 15.2 Å². The van der Waals surface area contributed by atoms with E-state index in [1.807, 2.05) is 24.3 Å². The van der Waals surface area contributed by atoms with Gasteiger partial charge in [0, 0.05) is 0 Å². The maximum Gasteiger partial charge on any atom is 0.237 e. The van der Waals surface area contributed by atoms with Crippen LogP contribution in [-0.2, 0) is 4.79 Å². The van der Waals surface area contributed by atoms with Gasteiger partial charge in [0.05, 0.1) is 18.8 Å². The van der Waals surface area contributed by atoms with Crippen molar-refractivity contribution in [3.05, 3.63) is 24.3 Å². The Morgan fingerprint density at radius 3 is 2.14 bits per heavy atom. The summed E-state index contributed by atoms with van der Waals surface area (Å²) in [6.07, 6.45) is 2.37. The molecule has 1 aromatic carbocycles. The van der Waals surface area contributed by atoms with E-state index in [-0.39, 0.29) is 5.91 Å². The van der Waals surface area contributed by atoms with Crippen LogP contribution in [0.3, 0.4) is 0 Å². The third kappa shape index (κ3) is 5.63. The summed E-state index contributed by atoms with van der Waals surface area (Å²) in [6, 6.07) is 7.56. The van der Waals surface area contributed by atoms with Crippen LogP contribution >= 0.6 is 0 Å². The molecule has 0 saturated heterocycles. The quantitative estimate of drug-likeness (QED) is 0.648. The summed E-state index contributed by atoms with van der Waals surface area (Å²) in [7, 11) is 1.74. The molecule has 0 aliphatic rings. The van der Waals surface area contributed by atoms with Crippen LogP contribution < -0.4 is 20.5 Å².